The number of aromatic hydroxyl groups is 1. The first-order valence-corrected chi connectivity index (χ1v) is 10.4. The van der Waals surface area contributed by atoms with Gasteiger partial charge in [0.15, 0.2) is 0 Å². The summed E-state index contributed by atoms with van der Waals surface area (Å²) in [6, 6.07) is 10.7. The molecule has 0 atom stereocenters. The molecule has 0 unspecified atom stereocenters. The summed E-state index contributed by atoms with van der Waals surface area (Å²) >= 11 is 0. The molecule has 2 aromatic carbocycles. The Bertz CT molecular complexity index is 1050. The molecule has 0 spiro atoms. The summed E-state index contributed by atoms with van der Waals surface area (Å²) in [6.07, 6.45) is 3.51. The molecule has 6 heteroatoms. The zero-order valence-corrected chi connectivity index (χ0v) is 17.4. The van der Waals surface area contributed by atoms with E-state index in [1.54, 1.807) is 26.2 Å². The van der Waals surface area contributed by atoms with Gasteiger partial charge in [0.25, 0.3) is 0 Å². The molecule has 6 nitrogen and oxygen atoms in total. The lowest BCUT2D eigenvalue weighted by Gasteiger charge is -2.27. The molecular formula is C24H27NO5. The Balaban J connectivity index is 1.90. The van der Waals surface area contributed by atoms with Crippen molar-refractivity contribution in [2.75, 3.05) is 26.8 Å². The molecule has 30 heavy (non-hydrogen) atoms. The second kappa shape index (κ2) is 8.79. The molecule has 1 saturated heterocycles. The second-order valence-electron chi connectivity index (χ2n) is 7.53. The van der Waals surface area contributed by atoms with Crippen LogP contribution in [0, 0.1) is 0 Å². The number of piperidine rings is 1. The van der Waals surface area contributed by atoms with Crippen LogP contribution in [0.2, 0.25) is 0 Å². The van der Waals surface area contributed by atoms with E-state index < -0.39 is 5.97 Å². The Morgan fingerprint density at radius 2 is 1.97 bits per heavy atom. The van der Waals surface area contributed by atoms with Gasteiger partial charge >= 0.3 is 5.97 Å². The number of fused-ring (bicyclic) bond motifs is 1. The van der Waals surface area contributed by atoms with Gasteiger partial charge in [-0.05, 0) is 57.1 Å². The average molecular weight is 409 g/mol. The van der Waals surface area contributed by atoms with Gasteiger partial charge in [-0.3, -0.25) is 4.90 Å². The number of hydrogen-bond donors (Lipinski definition) is 1. The molecule has 1 fully saturated rings. The molecule has 0 radical (unpaired) electrons. The van der Waals surface area contributed by atoms with Crippen LogP contribution in [0.25, 0.3) is 22.3 Å². The number of carbonyl (C=O) groups is 1. The quantitative estimate of drug-likeness (QED) is 0.579. The monoisotopic (exact) mass is 409 g/mol. The number of furan rings is 1. The van der Waals surface area contributed by atoms with Crippen molar-refractivity contribution in [3.63, 3.8) is 0 Å². The minimum atomic E-state index is -0.459. The smallest absolute Gasteiger partial charge is 0.342 e. The molecule has 2 heterocycles. The lowest BCUT2D eigenvalue weighted by molar-refractivity contribution is 0.0528. The van der Waals surface area contributed by atoms with Gasteiger partial charge in [-0.2, -0.15) is 0 Å². The van der Waals surface area contributed by atoms with Crippen LogP contribution in [-0.4, -0.2) is 42.8 Å². The van der Waals surface area contributed by atoms with Crippen molar-refractivity contribution >= 4 is 16.9 Å². The van der Waals surface area contributed by atoms with Crippen molar-refractivity contribution in [3.8, 4) is 22.8 Å². The van der Waals surface area contributed by atoms with Crippen LogP contribution in [0.15, 0.2) is 40.8 Å². The Labute approximate surface area is 176 Å². The van der Waals surface area contributed by atoms with Crippen molar-refractivity contribution in [2.24, 2.45) is 0 Å². The van der Waals surface area contributed by atoms with E-state index in [2.05, 4.69) is 4.90 Å². The minimum Gasteiger partial charge on any atom is -0.508 e. The summed E-state index contributed by atoms with van der Waals surface area (Å²) in [7, 11) is 1.60. The maximum atomic E-state index is 13.0. The largest absolute Gasteiger partial charge is 0.508 e. The lowest BCUT2D eigenvalue weighted by Crippen LogP contribution is -2.29. The third-order valence-electron chi connectivity index (χ3n) is 5.58. The van der Waals surface area contributed by atoms with Crippen molar-refractivity contribution in [2.45, 2.75) is 32.7 Å². The Morgan fingerprint density at radius 3 is 2.70 bits per heavy atom. The van der Waals surface area contributed by atoms with Crippen LogP contribution in [0.1, 0.15) is 42.1 Å². The highest BCUT2D eigenvalue weighted by atomic mass is 16.5. The van der Waals surface area contributed by atoms with Crippen LogP contribution in [0.5, 0.6) is 11.5 Å². The van der Waals surface area contributed by atoms with E-state index in [1.807, 2.05) is 24.3 Å². The number of likely N-dealkylation sites (tertiary alicyclic amines) is 1. The molecule has 4 rings (SSSR count). The molecule has 0 saturated carbocycles. The predicted octanol–water partition coefficient (Wildman–Crippen LogP) is 4.98. The molecule has 1 aliphatic rings. The third-order valence-corrected chi connectivity index (χ3v) is 5.58. The first-order chi connectivity index (χ1) is 14.6. The molecule has 0 bridgehead atoms. The Hall–Kier alpha value is -2.99. The number of nitrogens with zero attached hydrogens (tertiary/aromatic N) is 1. The maximum Gasteiger partial charge on any atom is 0.342 e. The highest BCUT2D eigenvalue weighted by molar-refractivity contribution is 6.10. The Kier molecular flexibility index (Phi) is 5.95. The van der Waals surface area contributed by atoms with E-state index >= 15 is 0 Å². The van der Waals surface area contributed by atoms with Crippen LogP contribution < -0.4 is 4.74 Å². The van der Waals surface area contributed by atoms with Gasteiger partial charge in [0, 0.05) is 23.1 Å². The number of rotatable bonds is 6. The number of hydrogen-bond acceptors (Lipinski definition) is 6. The van der Waals surface area contributed by atoms with Crippen molar-refractivity contribution in [1.82, 2.24) is 4.90 Å². The SMILES string of the molecule is CCOC(=O)c1c(-c2cccc(OC)c2)oc2ccc(O)c(CN3CCCCC3)c12. The number of methoxy groups -OCH3 is 1. The first kappa shape index (κ1) is 20.3. The highest BCUT2D eigenvalue weighted by Crippen LogP contribution is 2.40. The zero-order valence-electron chi connectivity index (χ0n) is 17.4. The van der Waals surface area contributed by atoms with Gasteiger partial charge in [0.2, 0.25) is 0 Å². The van der Waals surface area contributed by atoms with Crippen LogP contribution in [0.4, 0.5) is 0 Å². The van der Waals surface area contributed by atoms with E-state index in [4.69, 9.17) is 13.9 Å². The summed E-state index contributed by atoms with van der Waals surface area (Å²) in [4.78, 5) is 15.3. The fourth-order valence-electron chi connectivity index (χ4n) is 4.12. The summed E-state index contributed by atoms with van der Waals surface area (Å²) in [5.74, 6) is 0.795. The molecule has 1 N–H and O–H groups in total. The van der Waals surface area contributed by atoms with Gasteiger partial charge < -0.3 is 19.0 Å². The van der Waals surface area contributed by atoms with E-state index in [0.29, 0.717) is 40.2 Å². The number of esters is 1. The highest BCUT2D eigenvalue weighted by Gasteiger charge is 2.28. The standard InChI is InChI=1S/C24H27NO5/c1-3-29-24(27)22-21-18(15-25-12-5-4-6-13-25)19(26)10-11-20(21)30-23(22)16-8-7-9-17(14-16)28-2/h7-11,14,26H,3-6,12-13,15H2,1-2H3. The number of phenolic OH excluding ortho intramolecular Hbond substituents is 1. The molecule has 3 aromatic rings. The third kappa shape index (κ3) is 3.87. The summed E-state index contributed by atoms with van der Waals surface area (Å²) < 4.78 is 16.9. The van der Waals surface area contributed by atoms with E-state index in [0.717, 1.165) is 31.5 Å². The van der Waals surface area contributed by atoms with Crippen LogP contribution in [0.3, 0.4) is 0 Å². The van der Waals surface area contributed by atoms with Crippen LogP contribution in [-0.2, 0) is 11.3 Å². The molecule has 0 aliphatic carbocycles. The van der Waals surface area contributed by atoms with Gasteiger partial charge in [-0.1, -0.05) is 18.6 Å². The fraction of sp³-hybridized carbons (Fsp3) is 0.375. The normalized spacial score (nSPS) is 14.7. The molecule has 1 aliphatic heterocycles. The average Bonchev–Trinajstić information content (AvgIpc) is 3.17. The fourth-order valence-corrected chi connectivity index (χ4v) is 4.12. The van der Waals surface area contributed by atoms with Gasteiger partial charge in [-0.25, -0.2) is 4.79 Å². The van der Waals surface area contributed by atoms with Gasteiger partial charge in [-0.15, -0.1) is 0 Å². The Morgan fingerprint density at radius 1 is 1.17 bits per heavy atom. The van der Waals surface area contributed by atoms with Crippen molar-refractivity contribution < 1.29 is 23.8 Å². The van der Waals surface area contributed by atoms with Gasteiger partial charge in [0.1, 0.15) is 28.4 Å². The van der Waals surface area contributed by atoms with Crippen molar-refractivity contribution in [3.05, 3.63) is 47.5 Å². The van der Waals surface area contributed by atoms with E-state index in [1.165, 1.54) is 6.42 Å². The van der Waals surface area contributed by atoms with E-state index in [9.17, 15) is 9.90 Å². The summed E-state index contributed by atoms with van der Waals surface area (Å²) in [5, 5.41) is 11.3. The van der Waals surface area contributed by atoms with Crippen LogP contribution >= 0.6 is 0 Å². The second-order valence-corrected chi connectivity index (χ2v) is 7.53. The number of phenols is 1. The van der Waals surface area contributed by atoms with Crippen molar-refractivity contribution in [1.29, 1.82) is 0 Å². The first-order valence-electron chi connectivity index (χ1n) is 10.4. The molecule has 0 amide bonds. The lowest BCUT2D eigenvalue weighted by atomic mass is 9.99. The number of carbonyl (C=O) groups excluding carboxylic acids is 1. The van der Waals surface area contributed by atoms with E-state index in [-0.39, 0.29) is 12.4 Å². The molecular weight excluding hydrogens is 382 g/mol. The summed E-state index contributed by atoms with van der Waals surface area (Å²) in [6.45, 7) is 4.55. The topological polar surface area (TPSA) is 72.1 Å². The predicted molar refractivity (Wildman–Crippen MR) is 115 cm³/mol. The maximum absolute atomic E-state index is 13.0. The summed E-state index contributed by atoms with van der Waals surface area (Å²) in [5.41, 5.74) is 2.33. The molecule has 158 valence electrons. The molecule has 1 aromatic heterocycles. The number of ether oxygens (including phenoxy) is 2. The number of benzene rings is 2. The minimum absolute atomic E-state index is 0.164. The van der Waals surface area contributed by atoms with Gasteiger partial charge in [0.05, 0.1) is 13.7 Å². The zero-order chi connectivity index (χ0) is 21.1.